The normalized spacial score (nSPS) is 10.0. The molecule has 0 aliphatic carbocycles. The third-order valence-corrected chi connectivity index (χ3v) is 2.58. The van der Waals surface area contributed by atoms with Crippen molar-refractivity contribution in [1.82, 2.24) is 14.9 Å². The van der Waals surface area contributed by atoms with Crippen molar-refractivity contribution in [3.63, 3.8) is 0 Å². The van der Waals surface area contributed by atoms with Gasteiger partial charge in [-0.25, -0.2) is 9.97 Å². The number of carbonyl (C=O) groups is 1. The average Bonchev–Trinajstić information content (AvgIpc) is 2.25. The molecule has 1 rings (SSSR count). The fourth-order valence-electron chi connectivity index (χ4n) is 1.16. The van der Waals surface area contributed by atoms with Gasteiger partial charge in [0.15, 0.2) is 0 Å². The van der Waals surface area contributed by atoms with Crippen molar-refractivity contribution in [2.75, 3.05) is 32.1 Å². The summed E-state index contributed by atoms with van der Waals surface area (Å²) in [6.45, 7) is 3.04. The minimum Gasteiger partial charge on any atom is -0.347 e. The van der Waals surface area contributed by atoms with Gasteiger partial charge in [0.05, 0.1) is 6.54 Å². The molecular formula is C10H15BrN4O. The van der Waals surface area contributed by atoms with Crippen LogP contribution in [-0.2, 0) is 4.79 Å². The van der Waals surface area contributed by atoms with Crippen LogP contribution in [0.2, 0.25) is 0 Å². The molecule has 0 spiro atoms. The third-order valence-electron chi connectivity index (χ3n) is 2.15. The van der Waals surface area contributed by atoms with E-state index in [1.807, 2.05) is 11.8 Å². The second-order valence-corrected chi connectivity index (χ2v) is 4.31. The molecule has 0 saturated heterocycles. The van der Waals surface area contributed by atoms with Crippen molar-refractivity contribution in [1.29, 1.82) is 0 Å². The monoisotopic (exact) mass is 286 g/mol. The SMILES string of the molecule is CCN(CC(=O)N(C)C)c1cc(Br)ncn1. The lowest BCUT2D eigenvalue weighted by Crippen LogP contribution is -2.37. The summed E-state index contributed by atoms with van der Waals surface area (Å²) in [4.78, 5) is 23.2. The Kier molecular flexibility index (Phi) is 4.67. The molecule has 0 bridgehead atoms. The number of amides is 1. The van der Waals surface area contributed by atoms with Crippen LogP contribution in [0.5, 0.6) is 0 Å². The van der Waals surface area contributed by atoms with Gasteiger partial charge in [-0.3, -0.25) is 4.79 Å². The first-order chi connectivity index (χ1) is 7.54. The number of anilines is 1. The molecule has 0 aliphatic heterocycles. The largest absolute Gasteiger partial charge is 0.347 e. The van der Waals surface area contributed by atoms with Gasteiger partial charge in [0.1, 0.15) is 16.7 Å². The number of hydrogen-bond donors (Lipinski definition) is 0. The van der Waals surface area contributed by atoms with Gasteiger partial charge in [-0.15, -0.1) is 0 Å². The molecule has 0 atom stereocenters. The molecule has 0 aromatic carbocycles. The fraction of sp³-hybridized carbons (Fsp3) is 0.500. The summed E-state index contributed by atoms with van der Waals surface area (Å²) in [5.41, 5.74) is 0. The van der Waals surface area contributed by atoms with E-state index in [0.29, 0.717) is 11.1 Å². The van der Waals surface area contributed by atoms with Crippen LogP contribution >= 0.6 is 15.9 Å². The summed E-state index contributed by atoms with van der Waals surface area (Å²) >= 11 is 3.28. The first kappa shape index (κ1) is 12.9. The summed E-state index contributed by atoms with van der Waals surface area (Å²) in [5.74, 6) is 0.802. The van der Waals surface area contributed by atoms with Crippen LogP contribution in [0, 0.1) is 0 Å². The zero-order chi connectivity index (χ0) is 12.1. The standard InChI is InChI=1S/C10H15BrN4O/c1-4-15(6-10(16)14(2)3)9-5-8(11)12-7-13-9/h5,7H,4,6H2,1-3H3. The van der Waals surface area contributed by atoms with Crippen molar-refractivity contribution in [2.45, 2.75) is 6.92 Å². The third kappa shape index (κ3) is 3.44. The van der Waals surface area contributed by atoms with Crippen LogP contribution < -0.4 is 4.90 Å². The highest BCUT2D eigenvalue weighted by molar-refractivity contribution is 9.10. The molecule has 6 heteroatoms. The van der Waals surface area contributed by atoms with Crippen LogP contribution in [0.1, 0.15) is 6.92 Å². The number of rotatable bonds is 4. The second kappa shape index (κ2) is 5.79. The maximum absolute atomic E-state index is 11.6. The van der Waals surface area contributed by atoms with E-state index in [4.69, 9.17) is 0 Å². The maximum atomic E-state index is 11.6. The van der Waals surface area contributed by atoms with E-state index < -0.39 is 0 Å². The van der Waals surface area contributed by atoms with E-state index in [1.165, 1.54) is 6.33 Å². The maximum Gasteiger partial charge on any atom is 0.241 e. The number of halogens is 1. The van der Waals surface area contributed by atoms with Crippen LogP contribution in [0.4, 0.5) is 5.82 Å². The first-order valence-corrected chi connectivity index (χ1v) is 5.76. The molecule has 0 aliphatic rings. The number of nitrogens with zero attached hydrogens (tertiary/aromatic N) is 4. The van der Waals surface area contributed by atoms with E-state index in [1.54, 1.807) is 25.1 Å². The lowest BCUT2D eigenvalue weighted by Gasteiger charge is -2.22. The molecule has 1 aromatic rings. The lowest BCUT2D eigenvalue weighted by atomic mass is 10.4. The van der Waals surface area contributed by atoms with Gasteiger partial charge in [0.25, 0.3) is 0 Å². The van der Waals surface area contributed by atoms with Gasteiger partial charge in [-0.1, -0.05) is 0 Å². The van der Waals surface area contributed by atoms with Crippen LogP contribution in [0.15, 0.2) is 17.0 Å². The van der Waals surface area contributed by atoms with Crippen LogP contribution in [0.25, 0.3) is 0 Å². The minimum atomic E-state index is 0.0524. The van der Waals surface area contributed by atoms with Crippen molar-refractivity contribution in [3.8, 4) is 0 Å². The van der Waals surface area contributed by atoms with Gasteiger partial charge in [-0.05, 0) is 22.9 Å². The average molecular weight is 287 g/mol. The number of hydrogen-bond acceptors (Lipinski definition) is 4. The molecule has 1 aromatic heterocycles. The van der Waals surface area contributed by atoms with Crippen molar-refractivity contribution < 1.29 is 4.79 Å². The van der Waals surface area contributed by atoms with E-state index in [9.17, 15) is 4.79 Å². The van der Waals surface area contributed by atoms with E-state index in [0.717, 1.165) is 12.4 Å². The Morgan fingerprint density at radius 3 is 2.62 bits per heavy atom. The predicted octanol–water partition coefficient (Wildman–Crippen LogP) is 1.15. The van der Waals surface area contributed by atoms with Gasteiger partial charge in [-0.2, -0.15) is 0 Å². The highest BCUT2D eigenvalue weighted by atomic mass is 79.9. The Hall–Kier alpha value is -1.17. The molecule has 1 heterocycles. The second-order valence-electron chi connectivity index (χ2n) is 3.50. The Morgan fingerprint density at radius 1 is 1.44 bits per heavy atom. The molecule has 1 amide bonds. The smallest absolute Gasteiger partial charge is 0.241 e. The first-order valence-electron chi connectivity index (χ1n) is 4.97. The van der Waals surface area contributed by atoms with Gasteiger partial charge in [0.2, 0.25) is 5.91 Å². The molecule has 0 radical (unpaired) electrons. The summed E-state index contributed by atoms with van der Waals surface area (Å²) in [5, 5.41) is 0. The van der Waals surface area contributed by atoms with Crippen molar-refractivity contribution in [3.05, 3.63) is 17.0 Å². The quantitative estimate of drug-likeness (QED) is 0.780. The van der Waals surface area contributed by atoms with Gasteiger partial charge >= 0.3 is 0 Å². The van der Waals surface area contributed by atoms with E-state index in [2.05, 4.69) is 25.9 Å². The predicted molar refractivity (Wildman–Crippen MR) is 66.3 cm³/mol. The highest BCUT2D eigenvalue weighted by Gasteiger charge is 2.12. The Morgan fingerprint density at radius 2 is 2.12 bits per heavy atom. The minimum absolute atomic E-state index is 0.0524. The Balaban J connectivity index is 2.78. The summed E-state index contributed by atoms with van der Waals surface area (Å²) in [6.07, 6.45) is 1.47. The van der Waals surface area contributed by atoms with Crippen LogP contribution in [0.3, 0.4) is 0 Å². The summed E-state index contributed by atoms with van der Waals surface area (Å²) in [7, 11) is 3.48. The number of aromatic nitrogens is 2. The molecule has 5 nitrogen and oxygen atoms in total. The Labute approximate surface area is 104 Å². The topological polar surface area (TPSA) is 49.3 Å². The molecule has 88 valence electrons. The highest BCUT2D eigenvalue weighted by Crippen LogP contribution is 2.14. The molecule has 0 fully saturated rings. The van der Waals surface area contributed by atoms with Crippen molar-refractivity contribution >= 4 is 27.7 Å². The fourth-order valence-corrected chi connectivity index (χ4v) is 1.45. The molecule has 0 unspecified atom stereocenters. The van der Waals surface area contributed by atoms with Gasteiger partial charge < -0.3 is 9.80 Å². The molecule has 16 heavy (non-hydrogen) atoms. The Bertz CT molecular complexity index is 370. The number of likely N-dealkylation sites (N-methyl/N-ethyl adjacent to an activating group) is 2. The number of carbonyl (C=O) groups excluding carboxylic acids is 1. The van der Waals surface area contributed by atoms with Gasteiger partial charge in [0, 0.05) is 26.7 Å². The van der Waals surface area contributed by atoms with E-state index >= 15 is 0 Å². The zero-order valence-electron chi connectivity index (χ0n) is 9.64. The summed E-state index contributed by atoms with van der Waals surface area (Å²) in [6, 6.07) is 1.80. The zero-order valence-corrected chi connectivity index (χ0v) is 11.2. The molecule has 0 saturated carbocycles. The molecule has 0 N–H and O–H groups in total. The summed E-state index contributed by atoms with van der Waals surface area (Å²) < 4.78 is 0.716. The molecular weight excluding hydrogens is 272 g/mol. The van der Waals surface area contributed by atoms with E-state index in [-0.39, 0.29) is 5.91 Å². The van der Waals surface area contributed by atoms with Crippen molar-refractivity contribution in [2.24, 2.45) is 0 Å². The van der Waals surface area contributed by atoms with Crippen LogP contribution in [-0.4, -0.2) is 48.0 Å². The lowest BCUT2D eigenvalue weighted by molar-refractivity contribution is -0.127.